The molecule has 1 saturated heterocycles. The van der Waals surface area contributed by atoms with Gasteiger partial charge in [0.1, 0.15) is 27.2 Å². The molecule has 5 rings (SSSR count). The predicted octanol–water partition coefficient (Wildman–Crippen LogP) is 5.92. The molecule has 3 heterocycles. The Morgan fingerprint density at radius 2 is 1.67 bits per heavy atom. The Morgan fingerprint density at radius 1 is 1.02 bits per heavy atom. The van der Waals surface area contributed by atoms with Crippen molar-refractivity contribution in [1.82, 2.24) is 19.9 Å². The predicted molar refractivity (Wildman–Crippen MR) is 187 cm³/mol. The summed E-state index contributed by atoms with van der Waals surface area (Å²) in [6, 6.07) is 12.5. The average molecular weight is 755 g/mol. The van der Waals surface area contributed by atoms with Crippen LogP contribution in [0.1, 0.15) is 18.4 Å². The number of carboxylic acid groups (broad SMARTS) is 1. The van der Waals surface area contributed by atoms with Crippen molar-refractivity contribution in [2.24, 2.45) is 0 Å². The van der Waals surface area contributed by atoms with Crippen molar-refractivity contribution >= 4 is 44.5 Å². The van der Waals surface area contributed by atoms with Gasteiger partial charge in [-0.25, -0.2) is 32.6 Å². The van der Waals surface area contributed by atoms with Crippen LogP contribution in [0.4, 0.5) is 34.9 Å². The Labute approximate surface area is 297 Å². The van der Waals surface area contributed by atoms with E-state index in [9.17, 15) is 21.6 Å². The summed E-state index contributed by atoms with van der Waals surface area (Å²) in [7, 11) is 0.222. The second kappa shape index (κ2) is 17.1. The fourth-order valence-electron chi connectivity index (χ4n) is 5.02. The second-order valence-electron chi connectivity index (χ2n) is 11.5. The van der Waals surface area contributed by atoms with E-state index in [-0.39, 0.29) is 11.6 Å². The van der Waals surface area contributed by atoms with Crippen LogP contribution in [0.25, 0.3) is 21.8 Å². The third-order valence-corrected chi connectivity index (χ3v) is 9.65. The normalized spacial score (nSPS) is 13.7. The van der Waals surface area contributed by atoms with Gasteiger partial charge in [-0.05, 0) is 49.2 Å². The molecule has 1 aliphatic heterocycles. The minimum atomic E-state index is -5.08. The van der Waals surface area contributed by atoms with Gasteiger partial charge in [-0.3, -0.25) is 4.90 Å². The van der Waals surface area contributed by atoms with Gasteiger partial charge in [0.15, 0.2) is 0 Å². The molecule has 51 heavy (non-hydrogen) atoms. The molecule has 0 saturated carbocycles. The van der Waals surface area contributed by atoms with Gasteiger partial charge in [-0.1, -0.05) is 6.92 Å². The van der Waals surface area contributed by atoms with Crippen molar-refractivity contribution in [3.63, 3.8) is 0 Å². The zero-order chi connectivity index (χ0) is 37.3. The summed E-state index contributed by atoms with van der Waals surface area (Å²) in [6.45, 7) is 5.21. The van der Waals surface area contributed by atoms with Crippen LogP contribution >= 0.6 is 11.3 Å². The van der Waals surface area contributed by atoms with E-state index in [0.29, 0.717) is 67.2 Å². The van der Waals surface area contributed by atoms with Crippen molar-refractivity contribution in [2.75, 3.05) is 69.2 Å². The van der Waals surface area contributed by atoms with Crippen LogP contribution in [0.5, 0.6) is 11.5 Å². The Bertz CT molecular complexity index is 1900. The number of aryl methyl sites for hydroxylation is 1. The van der Waals surface area contributed by atoms with Crippen molar-refractivity contribution in [3.8, 4) is 33.3 Å². The number of aliphatic carboxylic acids is 1. The molecule has 4 aromatic rings. The third kappa shape index (κ3) is 11.2. The van der Waals surface area contributed by atoms with Crippen LogP contribution < -0.4 is 19.7 Å². The molecular weight excluding hydrogens is 717 g/mol. The van der Waals surface area contributed by atoms with Crippen LogP contribution in [0.2, 0.25) is 0 Å². The largest absolute Gasteiger partial charge is 0.497 e. The lowest BCUT2D eigenvalue weighted by Crippen LogP contribution is -2.47. The number of hydrogen-bond acceptors (Lipinski definition) is 12. The maximum Gasteiger partial charge on any atom is 0.490 e. The van der Waals surface area contributed by atoms with Gasteiger partial charge in [0.2, 0.25) is 5.95 Å². The van der Waals surface area contributed by atoms with Gasteiger partial charge in [0.25, 0.3) is 0 Å². The monoisotopic (exact) mass is 754 g/mol. The molecule has 12 nitrogen and oxygen atoms in total. The van der Waals surface area contributed by atoms with Crippen molar-refractivity contribution in [3.05, 3.63) is 59.5 Å². The molecule has 0 amide bonds. The highest BCUT2D eigenvalue weighted by Crippen LogP contribution is 2.39. The summed E-state index contributed by atoms with van der Waals surface area (Å²) in [5.74, 6) is -1.30. The van der Waals surface area contributed by atoms with Gasteiger partial charge in [-0.15, -0.1) is 11.3 Å². The molecule has 0 aliphatic carbocycles. The Hall–Kier alpha value is -4.55. The van der Waals surface area contributed by atoms with E-state index in [4.69, 9.17) is 29.3 Å². The summed E-state index contributed by atoms with van der Waals surface area (Å²) < 4.78 is 81.0. The van der Waals surface area contributed by atoms with Crippen LogP contribution in [-0.2, 0) is 21.1 Å². The number of carboxylic acids is 1. The molecule has 1 fully saturated rings. The number of thiazole rings is 1. The van der Waals surface area contributed by atoms with Gasteiger partial charge < -0.3 is 24.8 Å². The Kier molecular flexibility index (Phi) is 13.2. The number of methoxy groups -OCH3 is 2. The van der Waals surface area contributed by atoms with Crippen LogP contribution in [0.15, 0.2) is 48.7 Å². The number of benzene rings is 2. The number of rotatable bonds is 12. The van der Waals surface area contributed by atoms with Crippen molar-refractivity contribution in [1.29, 1.82) is 0 Å². The standard InChI is InChI=1S/C31H37FN6O4S2.C2HF3O2/c1-5-6-28-36-29(21-17-23(41-2)20-24(18-21)42-3)30(43-28)26-9-10-33-31(35-26)34-22-7-8-27(25(32)19-22)38-13-11-37(12-14-38)15-16-44(4,39)40;3-2(4,5)1(6)7/h7-10,17-20H,5-6,11-16H2,1-4H3,(H,33,34,35);(H,6,7). The molecule has 0 spiro atoms. The maximum absolute atomic E-state index is 15.3. The first-order chi connectivity index (χ1) is 24.1. The van der Waals surface area contributed by atoms with E-state index in [1.54, 1.807) is 37.8 Å². The van der Waals surface area contributed by atoms with Gasteiger partial charge in [0, 0.05) is 62.5 Å². The van der Waals surface area contributed by atoms with Gasteiger partial charge in [0.05, 0.1) is 46.9 Å². The number of piperazine rings is 1. The first kappa shape index (κ1) is 39.2. The van der Waals surface area contributed by atoms with Gasteiger partial charge >= 0.3 is 12.1 Å². The number of anilines is 3. The smallest absolute Gasteiger partial charge is 0.490 e. The highest BCUT2D eigenvalue weighted by Gasteiger charge is 2.38. The molecule has 0 bridgehead atoms. The van der Waals surface area contributed by atoms with E-state index in [1.807, 2.05) is 35.2 Å². The molecule has 2 aromatic heterocycles. The zero-order valence-corrected chi connectivity index (χ0v) is 30.0. The summed E-state index contributed by atoms with van der Waals surface area (Å²) in [6.07, 6.45) is -0.357. The number of halogens is 4. The number of aromatic nitrogens is 3. The molecule has 2 N–H and O–H groups in total. The zero-order valence-electron chi connectivity index (χ0n) is 28.3. The lowest BCUT2D eigenvalue weighted by atomic mass is 10.1. The second-order valence-corrected chi connectivity index (χ2v) is 14.8. The summed E-state index contributed by atoms with van der Waals surface area (Å²) >= 11 is 1.59. The molecular formula is C33H38F4N6O6S2. The first-order valence-electron chi connectivity index (χ1n) is 15.7. The topological polar surface area (TPSA) is 147 Å². The lowest BCUT2D eigenvalue weighted by molar-refractivity contribution is -0.192. The molecule has 2 aromatic carbocycles. The SMILES string of the molecule is CCCc1nc(-c2cc(OC)cc(OC)c2)c(-c2ccnc(Nc3ccc(N4CCN(CCS(C)(=O)=O)CC4)c(F)c3)n2)s1.O=C(O)C(F)(F)F. The highest BCUT2D eigenvalue weighted by molar-refractivity contribution is 7.90. The van der Waals surface area contributed by atoms with Crippen LogP contribution in [0.3, 0.4) is 0 Å². The molecule has 0 radical (unpaired) electrons. The van der Waals surface area contributed by atoms with Crippen LogP contribution in [-0.4, -0.2) is 104 Å². The number of nitrogens with zero attached hydrogens (tertiary/aromatic N) is 5. The number of ether oxygens (including phenoxy) is 2. The van der Waals surface area contributed by atoms with Crippen LogP contribution in [0, 0.1) is 5.82 Å². The van der Waals surface area contributed by atoms with Gasteiger partial charge in [-0.2, -0.15) is 13.2 Å². The summed E-state index contributed by atoms with van der Waals surface area (Å²) in [4.78, 5) is 28.0. The van der Waals surface area contributed by atoms with Crippen molar-refractivity contribution in [2.45, 2.75) is 25.9 Å². The van der Waals surface area contributed by atoms with E-state index in [1.165, 1.54) is 12.3 Å². The van der Waals surface area contributed by atoms with E-state index < -0.39 is 22.0 Å². The average Bonchev–Trinajstić information content (AvgIpc) is 3.51. The number of sulfone groups is 1. The number of nitrogens with one attached hydrogen (secondary N) is 1. The summed E-state index contributed by atoms with van der Waals surface area (Å²) in [5.41, 5.74) is 3.39. The highest BCUT2D eigenvalue weighted by atomic mass is 32.2. The van der Waals surface area contributed by atoms with Crippen molar-refractivity contribution < 1.29 is 45.4 Å². The Balaban J connectivity index is 0.000000755. The third-order valence-electron chi connectivity index (χ3n) is 7.59. The number of alkyl halides is 3. The fraction of sp³-hybridized carbons (Fsp3) is 0.394. The Morgan fingerprint density at radius 3 is 2.22 bits per heavy atom. The number of carbonyl (C=O) groups is 1. The summed E-state index contributed by atoms with van der Waals surface area (Å²) in [5, 5.41) is 11.3. The maximum atomic E-state index is 15.3. The van der Waals surface area contributed by atoms with E-state index >= 15 is 4.39 Å². The van der Waals surface area contributed by atoms with E-state index in [2.05, 4.69) is 22.1 Å². The minimum absolute atomic E-state index is 0.130. The molecule has 18 heteroatoms. The molecule has 276 valence electrons. The quantitative estimate of drug-likeness (QED) is 0.166. The molecule has 0 unspecified atom stereocenters. The first-order valence-corrected chi connectivity index (χ1v) is 18.6. The number of hydrogen-bond donors (Lipinski definition) is 2. The molecule has 0 atom stereocenters. The lowest BCUT2D eigenvalue weighted by Gasteiger charge is -2.36. The minimum Gasteiger partial charge on any atom is -0.497 e. The van der Waals surface area contributed by atoms with E-state index in [0.717, 1.165) is 34.0 Å². The fourth-order valence-corrected chi connectivity index (χ4v) is 6.77. The molecule has 1 aliphatic rings.